The summed E-state index contributed by atoms with van der Waals surface area (Å²) in [6.45, 7) is 3.81. The average Bonchev–Trinajstić information content (AvgIpc) is 3.39. The Morgan fingerprint density at radius 3 is 0.824 bits per heavy atom. The van der Waals surface area contributed by atoms with E-state index < -0.39 is 26.5 Å². The van der Waals surface area contributed by atoms with Crippen molar-refractivity contribution in [2.75, 3.05) is 26.4 Å². The molecule has 74 heavy (non-hydrogen) atoms. The first-order chi connectivity index (χ1) is 36.3. The summed E-state index contributed by atoms with van der Waals surface area (Å²) in [4.78, 5) is 35.1. The Kier molecular flexibility index (Phi) is 60.4. The van der Waals surface area contributed by atoms with Gasteiger partial charge in [0.2, 0.25) is 0 Å². The minimum absolute atomic E-state index is 0.0585. The zero-order chi connectivity index (χ0) is 53.8. The Hall–Kier alpha value is -0.990. The van der Waals surface area contributed by atoms with E-state index in [0.717, 1.165) is 32.1 Å². The molecule has 0 aliphatic rings. The number of nitrogens with two attached hydrogens (primary N) is 1. The zero-order valence-electron chi connectivity index (χ0n) is 49.6. The number of rotatable bonds is 64. The topological polar surface area (TPSA) is 134 Å². The van der Waals surface area contributed by atoms with Crippen LogP contribution in [0.4, 0.5) is 0 Å². The lowest BCUT2D eigenvalue weighted by molar-refractivity contribution is -0.161. The SMILES string of the molecule is CCCCCCCCCCCCCCCCCCCCCCCCCCCCCCCCCCCCCCCCCCC(=O)OC(COC(=O)CCCCCCCCCCCCCCC)COP(=O)(O)OCCN. The highest BCUT2D eigenvalue weighted by atomic mass is 31.2. The molecule has 0 rings (SSSR count). The molecule has 2 unspecified atom stereocenters. The second-order valence-corrected chi connectivity index (χ2v) is 24.2. The van der Waals surface area contributed by atoms with E-state index in [4.69, 9.17) is 24.3 Å². The van der Waals surface area contributed by atoms with E-state index in [9.17, 15) is 19.0 Å². The molecule has 0 amide bonds. The van der Waals surface area contributed by atoms with Gasteiger partial charge in [0.1, 0.15) is 6.61 Å². The number of ether oxygens (including phenoxy) is 2. The van der Waals surface area contributed by atoms with Crippen LogP contribution in [0.1, 0.15) is 367 Å². The van der Waals surface area contributed by atoms with Gasteiger partial charge in [0.15, 0.2) is 6.10 Å². The van der Waals surface area contributed by atoms with Gasteiger partial charge in [-0.15, -0.1) is 0 Å². The van der Waals surface area contributed by atoms with Crippen LogP contribution < -0.4 is 5.73 Å². The van der Waals surface area contributed by atoms with E-state index in [2.05, 4.69) is 13.8 Å². The van der Waals surface area contributed by atoms with Gasteiger partial charge in [-0.05, 0) is 12.8 Å². The molecule has 0 heterocycles. The first kappa shape index (κ1) is 73.0. The van der Waals surface area contributed by atoms with Gasteiger partial charge < -0.3 is 20.1 Å². The number of hydrogen-bond donors (Lipinski definition) is 2. The van der Waals surface area contributed by atoms with E-state index >= 15 is 0 Å². The Bertz CT molecular complexity index is 1170. The summed E-state index contributed by atoms with van der Waals surface area (Å²) < 4.78 is 33.0. The second kappa shape index (κ2) is 61.2. The number of hydrogen-bond acceptors (Lipinski definition) is 8. The standard InChI is InChI=1S/C64H128NO8P/c1-3-5-7-9-11-13-15-17-18-19-20-21-22-23-24-25-26-27-28-29-30-31-32-33-34-35-36-37-38-39-40-41-42-43-45-47-49-51-53-55-57-64(67)73-62(61-72-74(68,69)71-59-58-65)60-70-63(66)56-54-52-50-48-46-44-16-14-12-10-8-6-4-2/h62H,3-61,65H2,1-2H3,(H,68,69). The number of esters is 2. The summed E-state index contributed by atoms with van der Waals surface area (Å²) in [5, 5.41) is 0. The maximum Gasteiger partial charge on any atom is 0.472 e. The Morgan fingerprint density at radius 2 is 0.581 bits per heavy atom. The van der Waals surface area contributed by atoms with Crippen molar-refractivity contribution >= 4 is 19.8 Å². The molecular formula is C64H128NO8P. The third-order valence-electron chi connectivity index (χ3n) is 15.2. The van der Waals surface area contributed by atoms with E-state index in [1.807, 2.05) is 0 Å². The molecule has 3 N–H and O–H groups in total. The van der Waals surface area contributed by atoms with Gasteiger partial charge in [-0.3, -0.25) is 18.6 Å². The van der Waals surface area contributed by atoms with Crippen molar-refractivity contribution in [2.24, 2.45) is 5.73 Å². The molecule has 10 heteroatoms. The van der Waals surface area contributed by atoms with Crippen LogP contribution in [0.15, 0.2) is 0 Å². The molecule has 0 bridgehead atoms. The molecule has 0 aliphatic carbocycles. The summed E-state index contributed by atoms with van der Waals surface area (Å²) in [5.74, 6) is -0.804. The Morgan fingerprint density at radius 1 is 0.351 bits per heavy atom. The van der Waals surface area contributed by atoms with Crippen molar-refractivity contribution < 1.29 is 37.6 Å². The molecule has 9 nitrogen and oxygen atoms in total. The summed E-state index contributed by atoms with van der Waals surface area (Å²) >= 11 is 0. The van der Waals surface area contributed by atoms with Gasteiger partial charge in [0, 0.05) is 19.4 Å². The van der Waals surface area contributed by atoms with Crippen molar-refractivity contribution in [3.05, 3.63) is 0 Å². The van der Waals surface area contributed by atoms with Crippen LogP contribution in [-0.4, -0.2) is 49.3 Å². The fourth-order valence-corrected chi connectivity index (χ4v) is 11.1. The van der Waals surface area contributed by atoms with E-state index in [0.29, 0.717) is 6.42 Å². The molecule has 0 aliphatic heterocycles. The highest BCUT2D eigenvalue weighted by Crippen LogP contribution is 2.43. The van der Waals surface area contributed by atoms with Crippen molar-refractivity contribution in [3.63, 3.8) is 0 Å². The van der Waals surface area contributed by atoms with Crippen LogP contribution in [0.25, 0.3) is 0 Å². The molecule has 0 aromatic rings. The van der Waals surface area contributed by atoms with Gasteiger partial charge in [-0.2, -0.15) is 0 Å². The Balaban J connectivity index is 3.66. The van der Waals surface area contributed by atoms with Gasteiger partial charge in [0.05, 0.1) is 13.2 Å². The number of unbranched alkanes of at least 4 members (excludes halogenated alkanes) is 51. The smallest absolute Gasteiger partial charge is 0.462 e. The lowest BCUT2D eigenvalue weighted by Crippen LogP contribution is -2.29. The van der Waals surface area contributed by atoms with E-state index in [1.165, 1.54) is 302 Å². The van der Waals surface area contributed by atoms with Crippen LogP contribution in [0.5, 0.6) is 0 Å². The van der Waals surface area contributed by atoms with Crippen LogP contribution in [0.2, 0.25) is 0 Å². The van der Waals surface area contributed by atoms with E-state index in [-0.39, 0.29) is 38.6 Å². The molecule has 442 valence electrons. The van der Waals surface area contributed by atoms with E-state index in [1.54, 1.807) is 0 Å². The minimum atomic E-state index is -4.38. The predicted octanol–water partition coefficient (Wildman–Crippen LogP) is 21.0. The summed E-state index contributed by atoms with van der Waals surface area (Å²) in [6, 6.07) is 0. The van der Waals surface area contributed by atoms with Gasteiger partial charge >= 0.3 is 19.8 Å². The molecule has 0 aromatic heterocycles. The molecule has 0 saturated heterocycles. The molecular weight excluding hydrogens is 942 g/mol. The Labute approximate surface area is 460 Å². The van der Waals surface area contributed by atoms with Crippen molar-refractivity contribution in [1.82, 2.24) is 0 Å². The number of carbonyl (C=O) groups is 2. The third-order valence-corrected chi connectivity index (χ3v) is 16.2. The average molecular weight is 1070 g/mol. The number of carbonyl (C=O) groups excluding carboxylic acids is 2. The normalized spacial score (nSPS) is 12.9. The molecule has 0 radical (unpaired) electrons. The fraction of sp³-hybridized carbons (Fsp3) is 0.969. The van der Waals surface area contributed by atoms with Crippen molar-refractivity contribution in [2.45, 2.75) is 373 Å². The van der Waals surface area contributed by atoms with Crippen molar-refractivity contribution in [3.8, 4) is 0 Å². The maximum absolute atomic E-state index is 12.7. The molecule has 2 atom stereocenters. The van der Waals surface area contributed by atoms with Gasteiger partial charge in [-0.25, -0.2) is 4.57 Å². The van der Waals surface area contributed by atoms with Gasteiger partial charge in [0.25, 0.3) is 0 Å². The maximum atomic E-state index is 12.7. The zero-order valence-corrected chi connectivity index (χ0v) is 50.5. The first-order valence-electron chi connectivity index (χ1n) is 33.0. The third kappa shape index (κ3) is 60.2. The predicted molar refractivity (Wildman–Crippen MR) is 317 cm³/mol. The van der Waals surface area contributed by atoms with Crippen LogP contribution >= 0.6 is 7.82 Å². The number of phosphoric acid groups is 1. The fourth-order valence-electron chi connectivity index (χ4n) is 10.3. The summed E-state index contributed by atoms with van der Waals surface area (Å²) in [7, 11) is -4.38. The lowest BCUT2D eigenvalue weighted by Gasteiger charge is -2.19. The highest BCUT2D eigenvalue weighted by Gasteiger charge is 2.26. The largest absolute Gasteiger partial charge is 0.472 e. The molecule has 0 aromatic carbocycles. The number of phosphoric ester groups is 1. The second-order valence-electron chi connectivity index (χ2n) is 22.7. The lowest BCUT2D eigenvalue weighted by atomic mass is 10.0. The first-order valence-corrected chi connectivity index (χ1v) is 34.5. The molecule has 0 spiro atoms. The van der Waals surface area contributed by atoms with Crippen LogP contribution in [0.3, 0.4) is 0 Å². The van der Waals surface area contributed by atoms with Crippen LogP contribution in [-0.2, 0) is 32.7 Å². The van der Waals surface area contributed by atoms with Crippen molar-refractivity contribution in [1.29, 1.82) is 0 Å². The minimum Gasteiger partial charge on any atom is -0.462 e. The monoisotopic (exact) mass is 1070 g/mol. The highest BCUT2D eigenvalue weighted by molar-refractivity contribution is 7.47. The van der Waals surface area contributed by atoms with Crippen LogP contribution in [0, 0.1) is 0 Å². The molecule has 0 saturated carbocycles. The summed E-state index contributed by atoms with van der Waals surface area (Å²) in [5.41, 5.74) is 5.38. The molecule has 0 fully saturated rings. The quantitative estimate of drug-likeness (QED) is 0.0347. The van der Waals surface area contributed by atoms with Gasteiger partial charge in [-0.1, -0.05) is 341 Å². The summed E-state index contributed by atoms with van der Waals surface area (Å²) in [6.07, 6.45) is 70.8.